The first kappa shape index (κ1) is 33.0. The topological polar surface area (TPSA) is 134 Å². The standard InChI is InChI=1S/C32H34Cl2N8O4S/c1-32(16-21-6-8-22(9-7-21)23-17-35-20-36-18-23)30(44)41(26-14-24(33)13-25(34)15-26)31-38-19-28(42(31)32)47(45,46)40-11-4-5-27(40)29(43)37-10-12-39(2)3/h6-9,13-15,17-20,27H,4-5,10-12,16H2,1-3H3,(H,37,43). The van der Waals surface area contributed by atoms with Crippen LogP contribution < -0.4 is 10.2 Å². The van der Waals surface area contributed by atoms with Gasteiger partial charge in [-0.15, -0.1) is 0 Å². The fourth-order valence-electron chi connectivity index (χ4n) is 6.20. The van der Waals surface area contributed by atoms with Crippen molar-refractivity contribution in [2.75, 3.05) is 38.6 Å². The molecule has 12 nitrogen and oxygen atoms in total. The van der Waals surface area contributed by atoms with Crippen LogP contribution in [0.1, 0.15) is 25.3 Å². The van der Waals surface area contributed by atoms with Gasteiger partial charge in [0.05, 0.1) is 11.9 Å². The van der Waals surface area contributed by atoms with E-state index in [-0.39, 0.29) is 29.8 Å². The SMILES string of the molecule is CN(C)CCNC(=O)C1CCCN1S(=O)(=O)c1cnc2n1C(C)(Cc1ccc(-c3cncnc3)cc1)C(=O)N2c1cc(Cl)cc(Cl)c1. The Bertz CT molecular complexity index is 1900. The van der Waals surface area contributed by atoms with E-state index in [1.807, 2.05) is 43.3 Å². The van der Waals surface area contributed by atoms with Crippen molar-refractivity contribution in [3.63, 3.8) is 0 Å². The third-order valence-electron chi connectivity index (χ3n) is 8.51. The van der Waals surface area contributed by atoms with Gasteiger partial charge in [-0.3, -0.25) is 14.2 Å². The molecule has 4 heterocycles. The minimum absolute atomic E-state index is 0.110. The average Bonchev–Trinajstić information content (AvgIpc) is 3.75. The Hall–Kier alpha value is -3.88. The van der Waals surface area contributed by atoms with Crippen molar-refractivity contribution in [2.45, 2.75) is 42.8 Å². The molecule has 6 rings (SSSR count). The Morgan fingerprint density at radius 3 is 2.38 bits per heavy atom. The quantitative estimate of drug-likeness (QED) is 0.262. The third kappa shape index (κ3) is 6.25. The van der Waals surface area contributed by atoms with Crippen LogP contribution in [0, 0.1) is 0 Å². The summed E-state index contributed by atoms with van der Waals surface area (Å²) in [6.07, 6.45) is 7.18. The maximum absolute atomic E-state index is 14.5. The van der Waals surface area contributed by atoms with Crippen LogP contribution in [0.5, 0.6) is 0 Å². The van der Waals surface area contributed by atoms with Gasteiger partial charge >= 0.3 is 0 Å². The molecule has 0 bridgehead atoms. The second-order valence-electron chi connectivity index (χ2n) is 12.1. The molecule has 0 aliphatic carbocycles. The molecule has 246 valence electrons. The van der Waals surface area contributed by atoms with Crippen LogP contribution in [0.3, 0.4) is 0 Å². The number of likely N-dealkylation sites (N-methyl/N-ethyl adjacent to an activating group) is 1. The smallest absolute Gasteiger partial charge is 0.261 e. The minimum atomic E-state index is -4.29. The number of benzene rings is 2. The van der Waals surface area contributed by atoms with Gasteiger partial charge in [0.25, 0.3) is 15.9 Å². The molecule has 2 atom stereocenters. The molecule has 2 aliphatic heterocycles. The van der Waals surface area contributed by atoms with Gasteiger partial charge in [-0.2, -0.15) is 4.31 Å². The van der Waals surface area contributed by atoms with Crippen LogP contribution in [-0.4, -0.2) is 88.7 Å². The van der Waals surface area contributed by atoms with Crippen LogP contribution in [0.15, 0.2) is 72.4 Å². The first-order valence-corrected chi connectivity index (χ1v) is 17.3. The van der Waals surface area contributed by atoms with Gasteiger partial charge < -0.3 is 10.2 Å². The van der Waals surface area contributed by atoms with E-state index in [9.17, 15) is 18.0 Å². The predicted octanol–water partition coefficient (Wildman–Crippen LogP) is 4.11. The summed E-state index contributed by atoms with van der Waals surface area (Å²) in [6.45, 7) is 2.86. The fourth-order valence-corrected chi connectivity index (χ4v) is 8.57. The van der Waals surface area contributed by atoms with Crippen molar-refractivity contribution in [3.8, 4) is 11.1 Å². The molecule has 15 heteroatoms. The molecule has 2 aromatic carbocycles. The van der Waals surface area contributed by atoms with E-state index in [4.69, 9.17) is 23.2 Å². The van der Waals surface area contributed by atoms with E-state index < -0.39 is 27.5 Å². The molecule has 1 saturated heterocycles. The number of rotatable bonds is 10. The second-order valence-corrected chi connectivity index (χ2v) is 14.9. The highest BCUT2D eigenvalue weighted by atomic mass is 35.5. The lowest BCUT2D eigenvalue weighted by molar-refractivity contribution is -0.125. The molecule has 0 saturated carbocycles. The molecule has 2 aromatic heterocycles. The van der Waals surface area contributed by atoms with Crippen LogP contribution in [0.2, 0.25) is 10.0 Å². The highest BCUT2D eigenvalue weighted by Gasteiger charge is 2.53. The molecule has 47 heavy (non-hydrogen) atoms. The summed E-state index contributed by atoms with van der Waals surface area (Å²) in [4.78, 5) is 43.6. The Kier molecular flexibility index (Phi) is 9.11. The lowest BCUT2D eigenvalue weighted by atomic mass is 9.91. The number of carbonyl (C=O) groups excluding carboxylic acids is 2. The summed E-state index contributed by atoms with van der Waals surface area (Å²) < 4.78 is 31.6. The van der Waals surface area contributed by atoms with Crippen LogP contribution in [0.4, 0.5) is 11.6 Å². The maximum atomic E-state index is 14.5. The summed E-state index contributed by atoms with van der Waals surface area (Å²) in [6, 6.07) is 11.4. The average molecular weight is 698 g/mol. The number of nitrogens with one attached hydrogen (secondary N) is 1. The number of hydrogen-bond acceptors (Lipinski definition) is 8. The lowest BCUT2D eigenvalue weighted by Gasteiger charge is -2.29. The number of nitrogens with zero attached hydrogens (tertiary/aromatic N) is 7. The van der Waals surface area contributed by atoms with Crippen molar-refractivity contribution in [2.24, 2.45) is 0 Å². The summed E-state index contributed by atoms with van der Waals surface area (Å²) in [5.74, 6) is -0.652. The first-order valence-electron chi connectivity index (χ1n) is 15.1. The highest BCUT2D eigenvalue weighted by molar-refractivity contribution is 7.89. The van der Waals surface area contributed by atoms with Crippen molar-refractivity contribution in [1.82, 2.24) is 34.0 Å². The number of anilines is 2. The van der Waals surface area contributed by atoms with E-state index in [1.165, 1.54) is 26.3 Å². The maximum Gasteiger partial charge on any atom is 0.261 e. The van der Waals surface area contributed by atoms with Crippen molar-refractivity contribution < 1.29 is 18.0 Å². The summed E-state index contributed by atoms with van der Waals surface area (Å²) >= 11 is 12.7. The van der Waals surface area contributed by atoms with Gasteiger partial charge in [-0.05, 0) is 63.2 Å². The molecule has 2 aliphatic rings. The number of amides is 2. The highest BCUT2D eigenvalue weighted by Crippen LogP contribution is 2.45. The molecule has 0 spiro atoms. The van der Waals surface area contributed by atoms with Crippen LogP contribution in [-0.2, 0) is 31.6 Å². The zero-order chi connectivity index (χ0) is 33.5. The summed E-state index contributed by atoms with van der Waals surface area (Å²) in [5.41, 5.74) is 1.44. The molecule has 4 aromatic rings. The van der Waals surface area contributed by atoms with Crippen LogP contribution >= 0.6 is 23.2 Å². The third-order valence-corrected chi connectivity index (χ3v) is 10.8. The van der Waals surface area contributed by atoms with Crippen molar-refractivity contribution >= 4 is 56.7 Å². The molecule has 2 amide bonds. The normalized spacial score (nSPS) is 19.8. The monoisotopic (exact) mass is 696 g/mol. The Labute approximate surface area is 283 Å². The number of halogens is 2. The number of imidazole rings is 1. The van der Waals surface area contributed by atoms with Gasteiger partial charge in [0, 0.05) is 54.1 Å². The van der Waals surface area contributed by atoms with Crippen molar-refractivity contribution in [3.05, 3.63) is 83.0 Å². The zero-order valence-corrected chi connectivity index (χ0v) is 28.4. The number of aromatic nitrogens is 4. The molecular formula is C32H34Cl2N8O4S. The largest absolute Gasteiger partial charge is 0.353 e. The molecular weight excluding hydrogens is 663 g/mol. The van der Waals surface area contributed by atoms with Gasteiger partial charge in [-0.25, -0.2) is 28.3 Å². The number of sulfonamides is 1. The number of hydrogen-bond donors (Lipinski definition) is 1. The Morgan fingerprint density at radius 2 is 1.72 bits per heavy atom. The first-order chi connectivity index (χ1) is 22.4. The van der Waals surface area contributed by atoms with E-state index in [1.54, 1.807) is 37.5 Å². The van der Waals surface area contributed by atoms with E-state index in [2.05, 4.69) is 20.3 Å². The Balaban J connectivity index is 1.40. The number of carbonyl (C=O) groups is 2. The van der Waals surface area contributed by atoms with Gasteiger partial charge in [-0.1, -0.05) is 47.5 Å². The fraction of sp³-hybridized carbons (Fsp3) is 0.344. The van der Waals surface area contributed by atoms with E-state index >= 15 is 0 Å². The zero-order valence-electron chi connectivity index (χ0n) is 26.1. The second kappa shape index (κ2) is 13.0. The minimum Gasteiger partial charge on any atom is -0.353 e. The lowest BCUT2D eigenvalue weighted by Crippen LogP contribution is -2.48. The van der Waals surface area contributed by atoms with E-state index in [0.717, 1.165) is 16.7 Å². The van der Waals surface area contributed by atoms with Crippen molar-refractivity contribution in [1.29, 1.82) is 0 Å². The Morgan fingerprint density at radius 1 is 1.04 bits per heavy atom. The molecule has 2 unspecified atom stereocenters. The number of fused-ring (bicyclic) bond motifs is 1. The van der Waals surface area contributed by atoms with Crippen LogP contribution in [0.25, 0.3) is 11.1 Å². The predicted molar refractivity (Wildman–Crippen MR) is 179 cm³/mol. The van der Waals surface area contributed by atoms with Gasteiger partial charge in [0.15, 0.2) is 5.03 Å². The van der Waals surface area contributed by atoms with E-state index in [0.29, 0.717) is 41.7 Å². The van der Waals surface area contributed by atoms with Gasteiger partial charge in [0.1, 0.15) is 17.9 Å². The summed E-state index contributed by atoms with van der Waals surface area (Å²) in [5, 5.41) is 3.30. The molecule has 1 N–H and O–H groups in total. The summed E-state index contributed by atoms with van der Waals surface area (Å²) in [7, 11) is -0.504. The molecule has 0 radical (unpaired) electrons. The van der Waals surface area contributed by atoms with Gasteiger partial charge in [0.2, 0.25) is 11.9 Å². The molecule has 1 fully saturated rings.